The number of carbonyl (C=O) groups is 8. The van der Waals surface area contributed by atoms with Gasteiger partial charge < -0.3 is 48.5 Å². The summed E-state index contributed by atoms with van der Waals surface area (Å²) in [6, 6.07) is 48.6. The first-order chi connectivity index (χ1) is 51.3. The van der Waals surface area contributed by atoms with E-state index in [4.69, 9.17) is 37.9 Å². The van der Waals surface area contributed by atoms with Crippen molar-refractivity contribution in [1.29, 1.82) is 0 Å². The summed E-state index contributed by atoms with van der Waals surface area (Å²) in [7, 11) is 0. The number of hydrogen-bond donors (Lipinski definition) is 5. The molecule has 108 heavy (non-hydrogen) atoms. The van der Waals surface area contributed by atoms with E-state index in [9.17, 15) is 38.4 Å². The van der Waals surface area contributed by atoms with Crippen molar-refractivity contribution in [3.63, 3.8) is 0 Å². The molecule has 0 aliphatic rings. The molecule has 8 rings (SSSR count). The summed E-state index contributed by atoms with van der Waals surface area (Å²) in [5.41, 5.74) is -0.135. The lowest BCUT2D eigenvalue weighted by Gasteiger charge is -2.22. The van der Waals surface area contributed by atoms with Crippen LogP contribution in [0.4, 0.5) is 14.4 Å². The maximum absolute atomic E-state index is 14.1. The summed E-state index contributed by atoms with van der Waals surface area (Å²) in [6.07, 6.45) is -0.305. The third-order valence-corrected chi connectivity index (χ3v) is 16.4. The van der Waals surface area contributed by atoms with Crippen LogP contribution in [0, 0.1) is 0 Å². The van der Waals surface area contributed by atoms with E-state index >= 15 is 0 Å². The van der Waals surface area contributed by atoms with Gasteiger partial charge in [0.25, 0.3) is 0 Å². The van der Waals surface area contributed by atoms with Crippen LogP contribution in [0.3, 0.4) is 0 Å². The van der Waals surface area contributed by atoms with Crippen LogP contribution < -0.4 is 36.1 Å². The van der Waals surface area contributed by atoms with Crippen molar-refractivity contribution in [1.82, 2.24) is 26.6 Å². The van der Waals surface area contributed by atoms with Gasteiger partial charge in [-0.05, 0) is 201 Å². The zero-order chi connectivity index (χ0) is 78.0. The maximum atomic E-state index is 14.1. The van der Waals surface area contributed by atoms with Crippen LogP contribution in [0.2, 0.25) is 0 Å². The average molecular weight is 1480 g/mol. The van der Waals surface area contributed by atoms with Gasteiger partial charge in [-0.15, -0.1) is 0 Å². The molecule has 574 valence electrons. The molecule has 0 aliphatic carbocycles. The molecule has 8 aromatic rings. The Morgan fingerprint density at radius 1 is 0.380 bits per heavy atom. The number of nitrogens with zero attached hydrogens (tertiary/aromatic N) is 2. The van der Waals surface area contributed by atoms with Gasteiger partial charge in [-0.25, -0.2) is 24.0 Å². The molecule has 0 heterocycles. The molecule has 0 radical (unpaired) electrons. The normalized spacial score (nSPS) is 12.4. The lowest BCUT2D eigenvalue weighted by molar-refractivity contribution is -0.153. The number of alkyl carbamates (subject to hydrolysis) is 3. The quantitative estimate of drug-likeness (QED) is 0.00887. The SMILES string of the molecule is CC(C)(C)OC(=O)CC(=NCCCC[C@@H](NC(=O)CCCOc1ccc2ccccc2c1-c1c(OCCCC(=O)N[C@H](CCCCN=C(NC(=O)OC(C)(C)C)NC(=O)OC(C)(C)C)C(=O)OCc2cccc3ccccc23)ccc2ccccc12)C(=O)OCc1cccc2ccccc12)NC(=O)OC(C)(C)C. The number of amidine groups is 1. The molecule has 23 nitrogen and oxygen atoms in total. The summed E-state index contributed by atoms with van der Waals surface area (Å²) in [6.45, 7) is 21.0. The van der Waals surface area contributed by atoms with Crippen LogP contribution in [-0.2, 0) is 65.6 Å². The minimum absolute atomic E-state index is 0.00294. The number of ether oxygens (including phenoxy) is 8. The maximum Gasteiger partial charge on any atom is 0.414 e. The van der Waals surface area contributed by atoms with Gasteiger partial charge in [0.15, 0.2) is 0 Å². The molecule has 0 aliphatic heterocycles. The van der Waals surface area contributed by atoms with Crippen molar-refractivity contribution < 1.29 is 76.3 Å². The number of guanidine groups is 1. The van der Waals surface area contributed by atoms with Gasteiger partial charge in [0.1, 0.15) is 71.5 Å². The average Bonchev–Trinajstić information content (AvgIpc) is 0.753. The van der Waals surface area contributed by atoms with Crippen molar-refractivity contribution in [3.8, 4) is 22.6 Å². The molecule has 0 spiro atoms. The lowest BCUT2D eigenvalue weighted by atomic mass is 9.92. The van der Waals surface area contributed by atoms with Crippen molar-refractivity contribution in [3.05, 3.63) is 169 Å². The number of carbonyl (C=O) groups excluding carboxylic acids is 8. The van der Waals surface area contributed by atoms with Gasteiger partial charge in [-0.3, -0.25) is 40.3 Å². The van der Waals surface area contributed by atoms with Crippen molar-refractivity contribution in [2.45, 2.75) is 201 Å². The van der Waals surface area contributed by atoms with Gasteiger partial charge in [0, 0.05) is 37.1 Å². The summed E-state index contributed by atoms with van der Waals surface area (Å²) in [4.78, 5) is 116. The second kappa shape index (κ2) is 39.0. The second-order valence-corrected chi connectivity index (χ2v) is 30.2. The van der Waals surface area contributed by atoms with E-state index in [0.717, 1.165) is 65.3 Å². The van der Waals surface area contributed by atoms with E-state index in [0.29, 0.717) is 37.2 Å². The van der Waals surface area contributed by atoms with E-state index in [1.54, 1.807) is 83.1 Å². The Bertz CT molecular complexity index is 4160. The topological polar surface area (TPSA) is 295 Å². The van der Waals surface area contributed by atoms with Crippen molar-refractivity contribution >= 4 is 103 Å². The van der Waals surface area contributed by atoms with Gasteiger partial charge >= 0.3 is 36.2 Å². The number of aliphatic imine (C=N–C) groups is 2. The first-order valence-corrected chi connectivity index (χ1v) is 36.8. The van der Waals surface area contributed by atoms with Gasteiger partial charge in [0.2, 0.25) is 17.8 Å². The molecule has 0 saturated heterocycles. The summed E-state index contributed by atoms with van der Waals surface area (Å²) >= 11 is 0. The van der Waals surface area contributed by atoms with Gasteiger partial charge in [0.05, 0.1) is 13.2 Å². The smallest absolute Gasteiger partial charge is 0.414 e. The Kier molecular flexibility index (Phi) is 29.8. The number of nitrogens with one attached hydrogen (secondary N) is 5. The van der Waals surface area contributed by atoms with E-state index in [1.807, 2.05) is 158 Å². The molecule has 0 fully saturated rings. The van der Waals surface area contributed by atoms with Crippen LogP contribution in [0.1, 0.15) is 165 Å². The summed E-state index contributed by atoms with van der Waals surface area (Å²) in [5, 5.41) is 20.9. The van der Waals surface area contributed by atoms with E-state index in [-0.39, 0.29) is 96.3 Å². The first-order valence-electron chi connectivity index (χ1n) is 36.8. The van der Waals surface area contributed by atoms with Crippen LogP contribution in [0.5, 0.6) is 11.5 Å². The fourth-order valence-electron chi connectivity index (χ4n) is 11.8. The number of benzene rings is 8. The second-order valence-electron chi connectivity index (χ2n) is 30.2. The van der Waals surface area contributed by atoms with Gasteiger partial charge in [-0.2, -0.15) is 0 Å². The molecule has 5 N–H and O–H groups in total. The highest BCUT2D eigenvalue weighted by molar-refractivity contribution is 6.10. The van der Waals surface area contributed by atoms with Crippen LogP contribution in [0.25, 0.3) is 54.2 Å². The minimum atomic E-state index is -1.04. The molecule has 8 aromatic carbocycles. The third kappa shape index (κ3) is 27.4. The largest absolute Gasteiger partial charge is 0.493 e. The Morgan fingerprint density at radius 3 is 1.15 bits per heavy atom. The molecular weight excluding hydrogens is 1370 g/mol. The Balaban J connectivity index is 0.935. The number of fused-ring (bicyclic) bond motifs is 4. The molecule has 0 saturated carbocycles. The molecule has 2 atom stereocenters. The first kappa shape index (κ1) is 82.6. The molecule has 5 amide bonds. The summed E-state index contributed by atoms with van der Waals surface area (Å²) < 4.78 is 46.9. The predicted octanol–water partition coefficient (Wildman–Crippen LogP) is 16.1. The van der Waals surface area contributed by atoms with E-state index in [2.05, 4.69) is 36.6 Å². The zero-order valence-electron chi connectivity index (χ0n) is 64.1. The Morgan fingerprint density at radius 2 is 0.741 bits per heavy atom. The van der Waals surface area contributed by atoms with E-state index in [1.165, 1.54) is 0 Å². The number of esters is 3. The van der Waals surface area contributed by atoms with Crippen LogP contribution >= 0.6 is 0 Å². The van der Waals surface area contributed by atoms with Crippen LogP contribution in [0.15, 0.2) is 168 Å². The fraction of sp³-hybridized carbons (Fsp3) is 0.412. The molecule has 23 heteroatoms. The highest BCUT2D eigenvalue weighted by atomic mass is 16.6. The van der Waals surface area contributed by atoms with Crippen molar-refractivity contribution in [2.75, 3.05) is 26.3 Å². The van der Waals surface area contributed by atoms with Crippen molar-refractivity contribution in [2.24, 2.45) is 9.98 Å². The number of unbranched alkanes of at least 4 members (excludes halogenated alkanes) is 2. The van der Waals surface area contributed by atoms with Crippen LogP contribution in [-0.4, -0.2) is 121 Å². The number of rotatable bonds is 31. The fourth-order valence-corrected chi connectivity index (χ4v) is 11.8. The Labute approximate surface area is 631 Å². The third-order valence-electron chi connectivity index (χ3n) is 16.4. The Hall–Kier alpha value is -11.1. The monoisotopic (exact) mass is 1480 g/mol. The molecule has 0 aromatic heterocycles. The highest BCUT2D eigenvalue weighted by Gasteiger charge is 2.28. The van der Waals surface area contributed by atoms with E-state index < -0.39 is 82.5 Å². The molecular formula is C85H103N7O16. The number of hydrogen-bond acceptors (Lipinski definition) is 18. The summed E-state index contributed by atoms with van der Waals surface area (Å²) in [5.74, 6) is -1.68. The number of amides is 5. The molecule has 0 unspecified atom stereocenters. The minimum Gasteiger partial charge on any atom is -0.493 e. The highest BCUT2D eigenvalue weighted by Crippen LogP contribution is 2.46. The standard InChI is InChI=1S/C85H103N7O16/c1-82(2,3)105-73(95)53-70(90-79(98)106-83(4,5)6)86-49-23-21-41-66(76(96)103-54-60-35-25-33-56-29-13-17-37-62(56)60)88-71(93)43-27-51-101-68-47-45-58-31-15-19-39-64(58)74(68)75-65-40-20-16-32-59(65)46-48-69(75)102-52-28-44-72(94)89-67(77(97)104-55-61-36-26-34-57-30-14-18-38-63(57)61)42-22-24-50-87-78(91-80(99)107-84(7,8)9)92-81(100)108-85(10,11)12/h13-20,25-26,29-40,45-48,66-67H,21-24,27-28,41-44,49-55H2,1-12H3,(H,88,93)(H,89,94)(H,86,90,98)(H2,87,91,92,99,100)/t66-,67-/m1/s1. The predicted molar refractivity (Wildman–Crippen MR) is 419 cm³/mol. The zero-order valence-corrected chi connectivity index (χ0v) is 64.1. The van der Waals surface area contributed by atoms with Gasteiger partial charge in [-0.1, -0.05) is 146 Å². The molecule has 0 bridgehead atoms. The lowest BCUT2D eigenvalue weighted by Crippen LogP contribution is -2.47.